The molecule has 4 rings (SSSR count). The van der Waals surface area contributed by atoms with Crippen molar-refractivity contribution in [1.82, 2.24) is 14.8 Å². The molecule has 0 fully saturated rings. The number of nitrogens with one attached hydrogen (secondary N) is 1. The minimum absolute atomic E-state index is 0.157. The van der Waals surface area contributed by atoms with Gasteiger partial charge in [-0.05, 0) is 49.4 Å². The number of benzene rings is 2. The van der Waals surface area contributed by atoms with Gasteiger partial charge in [0.2, 0.25) is 0 Å². The summed E-state index contributed by atoms with van der Waals surface area (Å²) in [7, 11) is 1.57. The summed E-state index contributed by atoms with van der Waals surface area (Å²) in [5, 5.41) is 7.64. The number of rotatable bonds is 7. The van der Waals surface area contributed by atoms with Gasteiger partial charge in [-0.1, -0.05) is 35.9 Å². The van der Waals surface area contributed by atoms with Crippen LogP contribution in [0.4, 0.5) is 5.69 Å². The van der Waals surface area contributed by atoms with E-state index in [9.17, 15) is 9.59 Å². The highest BCUT2D eigenvalue weighted by atomic mass is 35.5. The number of methoxy groups -OCH3 is 1. The largest absolute Gasteiger partial charge is 0.494 e. The number of ether oxygens (including phenoxy) is 2. The Morgan fingerprint density at radius 2 is 1.88 bits per heavy atom. The van der Waals surface area contributed by atoms with Crippen LogP contribution >= 0.6 is 11.6 Å². The Morgan fingerprint density at radius 1 is 1.06 bits per heavy atom. The van der Waals surface area contributed by atoms with Crippen LogP contribution in [0.15, 0.2) is 72.9 Å². The molecule has 0 saturated heterocycles. The van der Waals surface area contributed by atoms with Gasteiger partial charge >= 0.3 is 5.97 Å². The first-order valence-electron chi connectivity index (χ1n) is 10.4. The molecule has 0 atom stereocenters. The van der Waals surface area contributed by atoms with Crippen LogP contribution in [0.1, 0.15) is 27.8 Å². The summed E-state index contributed by atoms with van der Waals surface area (Å²) < 4.78 is 12.3. The smallest absolute Gasteiger partial charge is 0.358 e. The zero-order chi connectivity index (χ0) is 24.1. The maximum absolute atomic E-state index is 12.6. The van der Waals surface area contributed by atoms with Gasteiger partial charge in [0.05, 0.1) is 25.0 Å². The van der Waals surface area contributed by atoms with Crippen LogP contribution in [-0.4, -0.2) is 40.4 Å². The molecule has 0 aliphatic heterocycles. The molecule has 8 nitrogen and oxygen atoms in total. The maximum Gasteiger partial charge on any atom is 0.358 e. The molecular formula is C25H21ClN4O4. The second kappa shape index (κ2) is 10.2. The van der Waals surface area contributed by atoms with Crippen LogP contribution < -0.4 is 10.1 Å². The number of pyridine rings is 1. The molecule has 9 heteroatoms. The Hall–Kier alpha value is -4.17. The van der Waals surface area contributed by atoms with Gasteiger partial charge in [-0.15, -0.1) is 0 Å². The van der Waals surface area contributed by atoms with Gasteiger partial charge < -0.3 is 14.8 Å². The molecule has 0 unspecified atom stereocenters. The van der Waals surface area contributed by atoms with E-state index in [-0.39, 0.29) is 18.2 Å². The van der Waals surface area contributed by atoms with E-state index in [1.807, 2.05) is 30.3 Å². The average molecular weight is 477 g/mol. The number of hydrogen-bond donors (Lipinski definition) is 1. The minimum atomic E-state index is -0.530. The van der Waals surface area contributed by atoms with E-state index < -0.39 is 5.97 Å². The summed E-state index contributed by atoms with van der Waals surface area (Å²) in [6.45, 7) is 1.97. The van der Waals surface area contributed by atoms with E-state index in [4.69, 9.17) is 21.1 Å². The Balaban J connectivity index is 1.74. The highest BCUT2D eigenvalue weighted by Gasteiger charge is 2.20. The highest BCUT2D eigenvalue weighted by Crippen LogP contribution is 2.30. The fourth-order valence-electron chi connectivity index (χ4n) is 3.35. The lowest BCUT2D eigenvalue weighted by atomic mass is 10.1. The molecule has 0 radical (unpaired) electrons. The fraction of sp³-hybridized carbons (Fsp3) is 0.120. The summed E-state index contributed by atoms with van der Waals surface area (Å²) >= 11 is 5.80. The zero-order valence-corrected chi connectivity index (χ0v) is 19.2. The van der Waals surface area contributed by atoms with Crippen molar-refractivity contribution in [3.63, 3.8) is 0 Å². The SMILES string of the molecule is CCOC(=O)c1cc(-c2cccc(NC(=O)c3ccc(Cl)nc3)c2)n(-c2ccccc2OC)n1. The Morgan fingerprint density at radius 3 is 2.62 bits per heavy atom. The first-order valence-corrected chi connectivity index (χ1v) is 10.8. The standard InChI is InChI=1S/C25H21ClN4O4/c1-3-34-25(32)19-14-21(30(29-19)20-9-4-5-10-22(20)33-2)16-7-6-8-18(13-16)28-24(31)17-11-12-23(26)27-15-17/h4-15H,3H2,1-2H3,(H,28,31). The van der Waals surface area contributed by atoms with Gasteiger partial charge in [0.15, 0.2) is 5.69 Å². The number of para-hydroxylation sites is 2. The number of carbonyl (C=O) groups is 2. The van der Waals surface area contributed by atoms with E-state index in [0.717, 1.165) is 5.56 Å². The Kier molecular flexibility index (Phi) is 6.89. The molecular weight excluding hydrogens is 456 g/mol. The van der Waals surface area contributed by atoms with Crippen LogP contribution in [-0.2, 0) is 4.74 Å². The predicted molar refractivity (Wildman–Crippen MR) is 129 cm³/mol. The van der Waals surface area contributed by atoms with Crippen LogP contribution in [0.3, 0.4) is 0 Å². The molecule has 0 spiro atoms. The van der Waals surface area contributed by atoms with E-state index in [0.29, 0.717) is 33.5 Å². The van der Waals surface area contributed by atoms with E-state index >= 15 is 0 Å². The second-order valence-electron chi connectivity index (χ2n) is 7.12. The lowest BCUT2D eigenvalue weighted by Crippen LogP contribution is -2.12. The number of amides is 1. The number of halogens is 1. The van der Waals surface area contributed by atoms with Gasteiger partial charge in [-0.2, -0.15) is 5.10 Å². The molecule has 0 saturated carbocycles. The monoisotopic (exact) mass is 476 g/mol. The number of hydrogen-bond acceptors (Lipinski definition) is 6. The van der Waals surface area contributed by atoms with E-state index in [2.05, 4.69) is 15.4 Å². The lowest BCUT2D eigenvalue weighted by Gasteiger charge is -2.12. The summed E-state index contributed by atoms with van der Waals surface area (Å²) in [5.74, 6) is -0.272. The molecule has 2 aromatic carbocycles. The van der Waals surface area contributed by atoms with Crippen molar-refractivity contribution in [2.75, 3.05) is 19.0 Å². The maximum atomic E-state index is 12.6. The summed E-state index contributed by atoms with van der Waals surface area (Å²) in [4.78, 5) is 29.0. The number of aromatic nitrogens is 3. The zero-order valence-electron chi connectivity index (χ0n) is 18.5. The summed E-state index contributed by atoms with van der Waals surface area (Å²) in [6.07, 6.45) is 1.41. The third-order valence-corrected chi connectivity index (χ3v) is 5.14. The topological polar surface area (TPSA) is 95.3 Å². The molecule has 0 bridgehead atoms. The molecule has 1 amide bonds. The third-order valence-electron chi connectivity index (χ3n) is 4.91. The van der Waals surface area contributed by atoms with Crippen molar-refractivity contribution < 1.29 is 19.1 Å². The number of anilines is 1. The summed E-state index contributed by atoms with van der Waals surface area (Å²) in [6, 6.07) is 19.3. The molecule has 2 heterocycles. The van der Waals surface area contributed by atoms with Crippen molar-refractivity contribution in [2.45, 2.75) is 6.92 Å². The van der Waals surface area contributed by atoms with Crippen molar-refractivity contribution in [2.24, 2.45) is 0 Å². The van der Waals surface area contributed by atoms with Crippen molar-refractivity contribution in [3.8, 4) is 22.7 Å². The molecule has 34 heavy (non-hydrogen) atoms. The molecule has 4 aromatic rings. The normalized spacial score (nSPS) is 10.6. The molecule has 172 valence electrons. The average Bonchev–Trinajstić information content (AvgIpc) is 3.30. The summed E-state index contributed by atoms with van der Waals surface area (Å²) in [5.41, 5.74) is 3.08. The van der Waals surface area contributed by atoms with Crippen molar-refractivity contribution in [1.29, 1.82) is 0 Å². The first-order chi connectivity index (χ1) is 16.5. The quantitative estimate of drug-likeness (QED) is 0.297. The lowest BCUT2D eigenvalue weighted by molar-refractivity contribution is 0.0518. The van der Waals surface area contributed by atoms with Crippen LogP contribution in [0.5, 0.6) is 5.75 Å². The van der Waals surface area contributed by atoms with Crippen LogP contribution in [0, 0.1) is 0 Å². The fourth-order valence-corrected chi connectivity index (χ4v) is 3.46. The third kappa shape index (κ3) is 4.92. The Bertz CT molecular complexity index is 1340. The van der Waals surface area contributed by atoms with Gasteiger partial charge in [0, 0.05) is 17.4 Å². The Labute approximate surface area is 201 Å². The van der Waals surface area contributed by atoms with Gasteiger partial charge in [-0.3, -0.25) is 4.79 Å². The molecule has 2 aromatic heterocycles. The van der Waals surface area contributed by atoms with Crippen LogP contribution in [0.25, 0.3) is 16.9 Å². The molecule has 0 aliphatic carbocycles. The van der Waals surface area contributed by atoms with Gasteiger partial charge in [0.1, 0.15) is 16.6 Å². The number of nitrogens with zero attached hydrogens (tertiary/aromatic N) is 3. The molecule has 0 aliphatic rings. The highest BCUT2D eigenvalue weighted by molar-refractivity contribution is 6.29. The van der Waals surface area contributed by atoms with E-state index in [1.54, 1.807) is 55.1 Å². The van der Waals surface area contributed by atoms with Gasteiger partial charge in [-0.25, -0.2) is 14.5 Å². The van der Waals surface area contributed by atoms with Crippen molar-refractivity contribution in [3.05, 3.63) is 89.3 Å². The molecule has 1 N–H and O–H groups in total. The number of carbonyl (C=O) groups excluding carboxylic acids is 2. The number of esters is 1. The van der Waals surface area contributed by atoms with Crippen molar-refractivity contribution >= 4 is 29.2 Å². The van der Waals surface area contributed by atoms with Gasteiger partial charge in [0.25, 0.3) is 5.91 Å². The van der Waals surface area contributed by atoms with Crippen LogP contribution in [0.2, 0.25) is 5.15 Å². The minimum Gasteiger partial charge on any atom is -0.494 e. The second-order valence-corrected chi connectivity index (χ2v) is 7.51. The van der Waals surface area contributed by atoms with E-state index in [1.165, 1.54) is 6.20 Å². The predicted octanol–water partition coefficient (Wildman–Crippen LogP) is 5.03. The first kappa shape index (κ1) is 23.0.